The van der Waals surface area contributed by atoms with Crippen molar-refractivity contribution in [3.8, 4) is 6.01 Å². The zero-order chi connectivity index (χ0) is 14.1. The Morgan fingerprint density at radius 3 is 2.42 bits per heavy atom. The van der Waals surface area contributed by atoms with Gasteiger partial charge in [0.15, 0.2) is 0 Å². The Balaban J connectivity index is 2.77. The van der Waals surface area contributed by atoms with Gasteiger partial charge in [0, 0.05) is 19.7 Å². The van der Waals surface area contributed by atoms with E-state index < -0.39 is 0 Å². The highest BCUT2D eigenvalue weighted by molar-refractivity contribution is 5.37. The molecule has 0 aliphatic heterocycles. The van der Waals surface area contributed by atoms with Crippen LogP contribution in [0.2, 0.25) is 0 Å². The van der Waals surface area contributed by atoms with E-state index in [9.17, 15) is 0 Å². The topological polar surface area (TPSA) is 98.4 Å². The number of aromatic nitrogens is 3. The number of hydrogen-bond donors (Lipinski definition) is 2. The lowest BCUT2D eigenvalue weighted by atomic mass is 10.5. The number of nitrogens with zero attached hydrogens (tertiary/aromatic N) is 4. The molecule has 0 atom stereocenters. The summed E-state index contributed by atoms with van der Waals surface area (Å²) in [6.45, 7) is 9.11. The highest BCUT2D eigenvalue weighted by atomic mass is 16.5. The third-order valence-electron chi connectivity index (χ3n) is 2.44. The molecule has 0 spiro atoms. The smallest absolute Gasteiger partial charge is 0.323 e. The van der Waals surface area contributed by atoms with E-state index in [2.05, 4.69) is 20.4 Å². The first-order valence-electron chi connectivity index (χ1n) is 6.43. The van der Waals surface area contributed by atoms with Gasteiger partial charge in [-0.3, -0.25) is 5.43 Å². The highest BCUT2D eigenvalue weighted by Gasteiger charge is 2.11. The molecule has 0 fully saturated rings. The lowest BCUT2D eigenvalue weighted by molar-refractivity contribution is 0.106. The van der Waals surface area contributed by atoms with Crippen molar-refractivity contribution in [2.24, 2.45) is 5.84 Å². The number of rotatable bonds is 9. The first kappa shape index (κ1) is 15.4. The van der Waals surface area contributed by atoms with Gasteiger partial charge in [-0.25, -0.2) is 5.84 Å². The number of hydrazine groups is 1. The van der Waals surface area contributed by atoms with Crippen molar-refractivity contribution in [2.45, 2.75) is 20.8 Å². The van der Waals surface area contributed by atoms with Crippen molar-refractivity contribution in [1.29, 1.82) is 0 Å². The zero-order valence-corrected chi connectivity index (χ0v) is 11.7. The predicted octanol–water partition coefficient (Wildman–Crippen LogP) is 0.419. The van der Waals surface area contributed by atoms with Crippen molar-refractivity contribution in [3.63, 3.8) is 0 Å². The van der Waals surface area contributed by atoms with Crippen LogP contribution < -0.4 is 20.9 Å². The summed E-state index contributed by atoms with van der Waals surface area (Å²) in [6.07, 6.45) is 0. The van der Waals surface area contributed by atoms with Gasteiger partial charge in [0.2, 0.25) is 11.9 Å². The van der Waals surface area contributed by atoms with Crippen molar-refractivity contribution in [3.05, 3.63) is 0 Å². The van der Waals surface area contributed by atoms with E-state index in [1.807, 2.05) is 25.7 Å². The summed E-state index contributed by atoms with van der Waals surface area (Å²) in [7, 11) is 0. The molecule has 1 aromatic heterocycles. The summed E-state index contributed by atoms with van der Waals surface area (Å²) in [6, 6.07) is 0.240. The standard InChI is InChI=1S/C11H22N6O2/c1-4-17(5-2)10-13-9(16-12)14-11(15-10)19-8-7-18-6-3/h4-8,12H2,1-3H3,(H,13,14,15,16). The van der Waals surface area contributed by atoms with Gasteiger partial charge in [0.1, 0.15) is 6.61 Å². The van der Waals surface area contributed by atoms with Crippen LogP contribution in [0.15, 0.2) is 0 Å². The Hall–Kier alpha value is -1.67. The average Bonchev–Trinajstić information content (AvgIpc) is 2.45. The molecule has 19 heavy (non-hydrogen) atoms. The number of nitrogen functional groups attached to an aromatic ring is 1. The van der Waals surface area contributed by atoms with Crippen molar-refractivity contribution in [1.82, 2.24) is 15.0 Å². The summed E-state index contributed by atoms with van der Waals surface area (Å²) in [5.41, 5.74) is 2.41. The van der Waals surface area contributed by atoms with E-state index in [1.54, 1.807) is 0 Å². The van der Waals surface area contributed by atoms with Gasteiger partial charge in [-0.1, -0.05) is 0 Å². The quantitative estimate of drug-likeness (QED) is 0.378. The first-order chi connectivity index (χ1) is 9.24. The Morgan fingerprint density at radius 2 is 1.84 bits per heavy atom. The molecule has 0 radical (unpaired) electrons. The van der Waals surface area contributed by atoms with E-state index >= 15 is 0 Å². The summed E-state index contributed by atoms with van der Waals surface area (Å²) >= 11 is 0. The van der Waals surface area contributed by atoms with Gasteiger partial charge in [-0.05, 0) is 20.8 Å². The Morgan fingerprint density at radius 1 is 1.11 bits per heavy atom. The molecule has 0 amide bonds. The van der Waals surface area contributed by atoms with Crippen LogP contribution in [-0.2, 0) is 4.74 Å². The van der Waals surface area contributed by atoms with Crippen molar-refractivity contribution in [2.75, 3.05) is 43.2 Å². The Kier molecular flexibility index (Phi) is 6.83. The van der Waals surface area contributed by atoms with Crippen LogP contribution in [0.3, 0.4) is 0 Å². The lowest BCUT2D eigenvalue weighted by Crippen LogP contribution is -2.26. The monoisotopic (exact) mass is 270 g/mol. The molecule has 1 heterocycles. The maximum absolute atomic E-state index is 5.42. The lowest BCUT2D eigenvalue weighted by Gasteiger charge is -2.19. The van der Waals surface area contributed by atoms with Crippen LogP contribution in [0.4, 0.5) is 11.9 Å². The molecule has 0 saturated carbocycles. The molecule has 0 aliphatic rings. The fourth-order valence-corrected chi connectivity index (χ4v) is 1.46. The third-order valence-corrected chi connectivity index (χ3v) is 2.44. The van der Waals surface area contributed by atoms with Gasteiger partial charge in [0.05, 0.1) is 6.61 Å². The third kappa shape index (κ3) is 4.84. The molecule has 8 heteroatoms. The van der Waals surface area contributed by atoms with Crippen LogP contribution in [0.5, 0.6) is 6.01 Å². The fraction of sp³-hybridized carbons (Fsp3) is 0.727. The maximum atomic E-state index is 5.42. The van der Waals surface area contributed by atoms with Crippen LogP contribution in [0, 0.1) is 0 Å². The minimum absolute atomic E-state index is 0.240. The van der Waals surface area contributed by atoms with E-state index in [4.69, 9.17) is 15.3 Å². The molecule has 8 nitrogen and oxygen atoms in total. The largest absolute Gasteiger partial charge is 0.461 e. The van der Waals surface area contributed by atoms with Crippen LogP contribution in [0.25, 0.3) is 0 Å². The number of nitrogens with two attached hydrogens (primary N) is 1. The van der Waals surface area contributed by atoms with Crippen LogP contribution in [0.1, 0.15) is 20.8 Å². The van der Waals surface area contributed by atoms with E-state index in [0.717, 1.165) is 13.1 Å². The maximum Gasteiger partial charge on any atom is 0.323 e. The number of hydrogen-bond acceptors (Lipinski definition) is 8. The minimum Gasteiger partial charge on any atom is -0.461 e. The van der Waals surface area contributed by atoms with Crippen molar-refractivity contribution < 1.29 is 9.47 Å². The minimum atomic E-state index is 0.240. The molecule has 3 N–H and O–H groups in total. The molecule has 0 aliphatic carbocycles. The van der Waals surface area contributed by atoms with Crippen LogP contribution in [-0.4, -0.2) is 47.9 Å². The number of nitrogens with one attached hydrogen (secondary N) is 1. The Bertz CT molecular complexity index is 372. The van der Waals surface area contributed by atoms with Gasteiger partial charge >= 0.3 is 6.01 Å². The zero-order valence-electron chi connectivity index (χ0n) is 11.7. The molecular formula is C11H22N6O2. The van der Waals surface area contributed by atoms with E-state index in [1.165, 1.54) is 0 Å². The molecule has 0 saturated heterocycles. The second-order valence-electron chi connectivity index (χ2n) is 3.60. The molecular weight excluding hydrogens is 248 g/mol. The predicted molar refractivity (Wildman–Crippen MR) is 73.2 cm³/mol. The number of anilines is 2. The molecule has 0 aromatic carbocycles. The summed E-state index contributed by atoms with van der Waals surface area (Å²) < 4.78 is 10.6. The van der Waals surface area contributed by atoms with Crippen molar-refractivity contribution >= 4 is 11.9 Å². The van der Waals surface area contributed by atoms with Gasteiger partial charge in [0.25, 0.3) is 0 Å². The van der Waals surface area contributed by atoms with Gasteiger partial charge in [-0.15, -0.1) is 0 Å². The summed E-state index contributed by atoms with van der Waals surface area (Å²) in [5, 5.41) is 0. The molecule has 108 valence electrons. The molecule has 1 rings (SSSR count). The molecule has 0 unspecified atom stereocenters. The Labute approximate surface area is 113 Å². The normalized spacial score (nSPS) is 10.3. The number of ether oxygens (including phenoxy) is 2. The summed E-state index contributed by atoms with van der Waals surface area (Å²) in [4.78, 5) is 14.5. The highest BCUT2D eigenvalue weighted by Crippen LogP contribution is 2.14. The molecule has 1 aromatic rings. The average molecular weight is 270 g/mol. The van der Waals surface area contributed by atoms with Gasteiger partial charge in [-0.2, -0.15) is 15.0 Å². The fourth-order valence-electron chi connectivity index (χ4n) is 1.46. The van der Waals surface area contributed by atoms with E-state index in [-0.39, 0.29) is 12.0 Å². The second-order valence-corrected chi connectivity index (χ2v) is 3.60. The first-order valence-corrected chi connectivity index (χ1v) is 6.43. The summed E-state index contributed by atoms with van der Waals surface area (Å²) in [5.74, 6) is 6.17. The van der Waals surface area contributed by atoms with Gasteiger partial charge < -0.3 is 14.4 Å². The van der Waals surface area contributed by atoms with E-state index in [0.29, 0.717) is 25.8 Å². The SMILES string of the molecule is CCOCCOc1nc(NN)nc(N(CC)CC)n1. The second kappa shape index (κ2) is 8.44. The molecule has 0 bridgehead atoms. The van der Waals surface area contributed by atoms with Crippen LogP contribution >= 0.6 is 0 Å².